The molecule has 0 spiro atoms. The van der Waals surface area contributed by atoms with E-state index in [1.165, 1.54) is 0 Å². The van der Waals surface area contributed by atoms with Gasteiger partial charge in [-0.2, -0.15) is 0 Å². The van der Waals surface area contributed by atoms with E-state index < -0.39 is 17.4 Å². The minimum absolute atomic E-state index is 0.381. The molecule has 3 rings (SSSR count). The van der Waals surface area contributed by atoms with Crippen molar-refractivity contribution in [2.75, 3.05) is 31.4 Å². The third-order valence-corrected chi connectivity index (χ3v) is 4.65. The number of carbonyl (C=O) groups excluding carboxylic acids is 1. The van der Waals surface area contributed by atoms with Crippen LogP contribution < -0.4 is 21.5 Å². The van der Waals surface area contributed by atoms with E-state index in [9.17, 15) is 4.79 Å². The number of nitrogen functional groups attached to an aromatic ring is 1. The van der Waals surface area contributed by atoms with Gasteiger partial charge in [0.1, 0.15) is 23.5 Å². The number of anilines is 2. The number of methoxy groups -OCH3 is 1. The number of benzene rings is 1. The minimum atomic E-state index is -0.756. The summed E-state index contributed by atoms with van der Waals surface area (Å²) in [5.41, 5.74) is 13.9. The zero-order chi connectivity index (χ0) is 22.6. The van der Waals surface area contributed by atoms with E-state index >= 15 is 0 Å². The van der Waals surface area contributed by atoms with E-state index in [-0.39, 0.29) is 0 Å². The molecule has 5 N–H and O–H groups in total. The highest BCUT2D eigenvalue weighted by Crippen LogP contribution is 2.25. The Balaban J connectivity index is 1.97. The number of pyridine rings is 1. The highest BCUT2D eigenvalue weighted by Gasteiger charge is 2.45. The van der Waals surface area contributed by atoms with Gasteiger partial charge in [-0.25, -0.2) is 10.3 Å². The number of hydrazone groups is 1. The molecule has 2 aromatic rings. The van der Waals surface area contributed by atoms with Crippen molar-refractivity contribution in [1.82, 2.24) is 4.98 Å². The lowest BCUT2D eigenvalue weighted by molar-refractivity contribution is -0.600. The average Bonchev–Trinajstić information content (AvgIpc) is 3.09. The van der Waals surface area contributed by atoms with Crippen molar-refractivity contribution in [3.05, 3.63) is 48.2 Å². The van der Waals surface area contributed by atoms with Crippen molar-refractivity contribution in [2.45, 2.75) is 26.3 Å². The van der Waals surface area contributed by atoms with Crippen LogP contribution in [-0.2, 0) is 9.53 Å². The number of carbonyl (C=O) groups is 1. The molecule has 0 aliphatic carbocycles. The second kappa shape index (κ2) is 9.13. The number of amides is 1. The number of aromatic nitrogens is 1. The fraction of sp³-hybridized carbons (Fsp3) is 0.364. The van der Waals surface area contributed by atoms with Crippen LogP contribution in [0.1, 0.15) is 26.3 Å². The van der Waals surface area contributed by atoms with Crippen LogP contribution in [0.2, 0.25) is 0 Å². The summed E-state index contributed by atoms with van der Waals surface area (Å²) in [4.78, 5) is 16.8. The molecule has 1 aliphatic heterocycles. The van der Waals surface area contributed by atoms with E-state index in [0.29, 0.717) is 42.0 Å². The topological polar surface area (TPSA) is 128 Å². The quantitative estimate of drug-likeness (QED) is 0.353. The molecule has 9 heteroatoms. The van der Waals surface area contributed by atoms with Crippen LogP contribution in [0, 0.1) is 5.92 Å². The fourth-order valence-corrected chi connectivity index (χ4v) is 3.20. The second-order valence-electron chi connectivity index (χ2n) is 8.16. The van der Waals surface area contributed by atoms with Gasteiger partial charge in [0.2, 0.25) is 11.8 Å². The van der Waals surface area contributed by atoms with Crippen LogP contribution in [0.5, 0.6) is 5.88 Å². The maximum Gasteiger partial charge on any atom is 0.294 e. The number of rotatable bonds is 7. The normalized spacial score (nSPS) is 16.3. The van der Waals surface area contributed by atoms with Gasteiger partial charge in [0.25, 0.3) is 5.84 Å². The number of nitrogens with zero attached hydrogens (tertiary/aromatic N) is 3. The average molecular weight is 426 g/mol. The molecular formula is C22H29N6O3+. The number of nitrogens with two attached hydrogens (primary N) is 2. The Morgan fingerprint density at radius 3 is 2.52 bits per heavy atom. The summed E-state index contributed by atoms with van der Waals surface area (Å²) in [7, 11) is 1.61. The third kappa shape index (κ3) is 5.18. The van der Waals surface area contributed by atoms with Crippen LogP contribution in [0.4, 0.5) is 11.4 Å². The predicted molar refractivity (Wildman–Crippen MR) is 120 cm³/mol. The number of amidine groups is 1. The second-order valence-corrected chi connectivity index (χ2v) is 8.16. The van der Waals surface area contributed by atoms with Crippen LogP contribution in [0.3, 0.4) is 0 Å². The number of hydrogen-bond donors (Lipinski definition) is 3. The number of hydrogen-bond acceptors (Lipinski definition) is 7. The lowest BCUT2D eigenvalue weighted by atomic mass is 9.95. The maximum absolute atomic E-state index is 12.5. The zero-order valence-corrected chi connectivity index (χ0v) is 18.3. The zero-order valence-electron chi connectivity index (χ0n) is 18.3. The Morgan fingerprint density at radius 1 is 1.19 bits per heavy atom. The molecule has 1 unspecified atom stereocenters. The molecule has 31 heavy (non-hydrogen) atoms. The summed E-state index contributed by atoms with van der Waals surface area (Å²) >= 11 is 0. The first-order valence-electron chi connectivity index (χ1n) is 9.96. The summed E-state index contributed by atoms with van der Waals surface area (Å²) < 4.78 is 12.4. The van der Waals surface area contributed by atoms with Crippen LogP contribution in [-0.4, -0.2) is 53.0 Å². The van der Waals surface area contributed by atoms with Gasteiger partial charge in [-0.05, 0) is 32.9 Å². The van der Waals surface area contributed by atoms with Gasteiger partial charge in [0.05, 0.1) is 6.61 Å². The lowest BCUT2D eigenvalue weighted by Gasteiger charge is -2.17. The first kappa shape index (κ1) is 22.2. The van der Waals surface area contributed by atoms with Crippen molar-refractivity contribution in [1.29, 1.82) is 0 Å². The number of primary amides is 1. The van der Waals surface area contributed by atoms with Crippen LogP contribution >= 0.6 is 0 Å². The molecule has 0 saturated heterocycles. The smallest absolute Gasteiger partial charge is 0.294 e. The molecule has 1 aromatic heterocycles. The molecule has 164 valence electrons. The summed E-state index contributed by atoms with van der Waals surface area (Å²) in [5.74, 6) is -0.247. The van der Waals surface area contributed by atoms with E-state index in [1.807, 2.05) is 32.9 Å². The van der Waals surface area contributed by atoms with Gasteiger partial charge in [0.15, 0.2) is 5.92 Å². The molecule has 9 nitrogen and oxygen atoms in total. The highest BCUT2D eigenvalue weighted by atomic mass is 16.5. The van der Waals surface area contributed by atoms with E-state index in [1.54, 1.807) is 42.3 Å². The largest absolute Gasteiger partial charge is 0.475 e. The van der Waals surface area contributed by atoms with Crippen LogP contribution in [0.15, 0.2) is 47.7 Å². The molecule has 0 radical (unpaired) electrons. The van der Waals surface area contributed by atoms with Gasteiger partial charge in [0, 0.05) is 36.7 Å². The summed E-state index contributed by atoms with van der Waals surface area (Å²) in [6, 6.07) is 10.8. The van der Waals surface area contributed by atoms with Crippen LogP contribution in [0.25, 0.3) is 0 Å². The molecule has 1 aliphatic rings. The van der Waals surface area contributed by atoms with Gasteiger partial charge in [-0.15, -0.1) is 4.68 Å². The monoisotopic (exact) mass is 425 g/mol. The molecule has 0 fully saturated rings. The Bertz CT molecular complexity index is 1010. The van der Waals surface area contributed by atoms with Crippen molar-refractivity contribution in [2.24, 2.45) is 16.8 Å². The first-order chi connectivity index (χ1) is 14.7. The molecular weight excluding hydrogens is 396 g/mol. The van der Waals surface area contributed by atoms with Gasteiger partial charge < -0.3 is 20.9 Å². The molecule has 0 saturated carbocycles. The van der Waals surface area contributed by atoms with E-state index in [0.717, 1.165) is 5.56 Å². The SMILES string of the molecule is COCCOc1cc(NC2=[N+](C(C)(C)C)N=C(c3ccc(N)cc3)C2C(N)=O)ccn1. The number of nitrogens with one attached hydrogen (secondary N) is 1. The molecule has 1 aromatic carbocycles. The lowest BCUT2D eigenvalue weighted by Crippen LogP contribution is -2.43. The minimum Gasteiger partial charge on any atom is -0.475 e. The first-order valence-corrected chi connectivity index (χ1v) is 9.96. The van der Waals surface area contributed by atoms with Crippen molar-refractivity contribution in [3.8, 4) is 5.88 Å². The van der Waals surface area contributed by atoms with Gasteiger partial charge in [-0.3, -0.25) is 4.79 Å². The Morgan fingerprint density at radius 2 is 1.90 bits per heavy atom. The fourth-order valence-electron chi connectivity index (χ4n) is 3.20. The van der Waals surface area contributed by atoms with E-state index in [4.69, 9.17) is 26.0 Å². The Labute approximate surface area is 181 Å². The Hall–Kier alpha value is -3.46. The van der Waals surface area contributed by atoms with Crippen molar-refractivity contribution < 1.29 is 19.0 Å². The van der Waals surface area contributed by atoms with Crippen molar-refractivity contribution >= 4 is 28.8 Å². The molecule has 2 heterocycles. The molecule has 0 bridgehead atoms. The highest BCUT2D eigenvalue weighted by molar-refractivity contribution is 6.28. The summed E-state index contributed by atoms with van der Waals surface area (Å²) in [6.45, 7) is 6.86. The maximum atomic E-state index is 12.5. The summed E-state index contributed by atoms with van der Waals surface area (Å²) in [6.07, 6.45) is 1.63. The van der Waals surface area contributed by atoms with E-state index in [2.05, 4.69) is 10.3 Å². The molecule has 1 amide bonds. The predicted octanol–water partition coefficient (Wildman–Crippen LogP) is 1.83. The Kier molecular flexibility index (Phi) is 6.55. The van der Waals surface area contributed by atoms with Gasteiger partial charge in [-0.1, -0.05) is 17.2 Å². The van der Waals surface area contributed by atoms with Crippen molar-refractivity contribution in [3.63, 3.8) is 0 Å². The van der Waals surface area contributed by atoms with Gasteiger partial charge >= 0.3 is 0 Å². The molecule has 1 atom stereocenters. The standard InChI is InChI=1S/C22H28N6O3/c1-22(2,3)28-21(26-16-9-10-25-17(13-16)31-12-11-30-4)18(20(24)29)19(27-28)14-5-7-15(23)8-6-14/h5-10,13,18H,11-12H2,1-4H3,(H4,23,24,27,29)/p+1. The summed E-state index contributed by atoms with van der Waals surface area (Å²) in [5, 5.41) is 8.09. The third-order valence-electron chi connectivity index (χ3n) is 4.65. The number of ether oxygens (including phenoxy) is 2.